The van der Waals surface area contributed by atoms with Crippen molar-refractivity contribution in [2.45, 2.75) is 26.2 Å². The van der Waals surface area contributed by atoms with Crippen molar-refractivity contribution in [2.75, 3.05) is 119 Å². The summed E-state index contributed by atoms with van der Waals surface area (Å²) in [5.74, 6) is 0.636. The zero-order valence-electron chi connectivity index (χ0n) is 28.3. The summed E-state index contributed by atoms with van der Waals surface area (Å²) in [5, 5.41) is 2.74. The quantitative estimate of drug-likeness (QED) is 0.123. The Morgan fingerprint density at radius 1 is 0.596 bits per heavy atom. The van der Waals surface area contributed by atoms with Crippen LogP contribution in [0, 0.1) is 5.92 Å². The number of benzene rings is 2. The topological polar surface area (TPSA) is 112 Å². The molecule has 1 amide bonds. The van der Waals surface area contributed by atoms with Crippen LogP contribution in [0.3, 0.4) is 0 Å². The molecule has 0 aliphatic heterocycles. The van der Waals surface area contributed by atoms with Crippen molar-refractivity contribution in [3.8, 4) is 11.1 Å². The van der Waals surface area contributed by atoms with Crippen LogP contribution in [0.15, 0.2) is 48.5 Å². The average Bonchev–Trinajstić information content (AvgIpc) is 3.42. The van der Waals surface area contributed by atoms with Crippen LogP contribution in [0.2, 0.25) is 0 Å². The van der Waals surface area contributed by atoms with Crippen molar-refractivity contribution < 1.29 is 47.4 Å². The molecule has 3 rings (SSSR count). The molecule has 0 bridgehead atoms. The van der Waals surface area contributed by atoms with Crippen LogP contribution in [0.1, 0.15) is 37.3 Å². The number of hydrogen-bond acceptors (Lipinski definition) is 10. The average molecular weight is 662 g/mol. The summed E-state index contributed by atoms with van der Waals surface area (Å²) in [6, 6.07) is 16.5. The highest BCUT2D eigenvalue weighted by Crippen LogP contribution is 2.44. The molecule has 47 heavy (non-hydrogen) atoms. The standard InChI is InChI=1S/C36H55NO10/c1-3-30(2)28-46-27-26-45-25-24-44-23-22-43-21-20-42-19-18-41-17-16-40-15-14-39-13-12-37-36(38)47-29-35-33-10-6-4-8-31(33)32-9-5-7-11-34(32)35/h4-11,30,35H,3,12-29H2,1-2H3,(H,37,38). The van der Waals surface area contributed by atoms with E-state index in [2.05, 4.69) is 43.4 Å². The first-order valence-corrected chi connectivity index (χ1v) is 16.9. The number of rotatable bonds is 29. The van der Waals surface area contributed by atoms with E-state index in [9.17, 15) is 4.79 Å². The van der Waals surface area contributed by atoms with Gasteiger partial charge < -0.3 is 47.9 Å². The first kappa shape index (κ1) is 38.8. The van der Waals surface area contributed by atoms with Crippen molar-refractivity contribution in [1.29, 1.82) is 0 Å². The Labute approximate surface area is 280 Å². The molecule has 1 atom stereocenters. The molecule has 0 fully saturated rings. The van der Waals surface area contributed by atoms with Gasteiger partial charge in [0.15, 0.2) is 0 Å². The maximum atomic E-state index is 12.2. The summed E-state index contributed by atoms with van der Waals surface area (Å²) in [6.45, 7) is 13.4. The molecule has 2 aromatic carbocycles. The molecule has 2 aromatic rings. The molecule has 0 spiro atoms. The predicted octanol–water partition coefficient (Wildman–Crippen LogP) is 4.70. The highest BCUT2D eigenvalue weighted by atomic mass is 16.6. The predicted molar refractivity (Wildman–Crippen MR) is 179 cm³/mol. The van der Waals surface area contributed by atoms with E-state index in [0.29, 0.717) is 118 Å². The van der Waals surface area contributed by atoms with E-state index in [4.69, 9.17) is 42.6 Å². The summed E-state index contributed by atoms with van der Waals surface area (Å²) in [6.07, 6.45) is 0.682. The second-order valence-electron chi connectivity index (χ2n) is 11.1. The minimum atomic E-state index is -0.447. The van der Waals surface area contributed by atoms with E-state index < -0.39 is 6.09 Å². The number of carbonyl (C=O) groups is 1. The number of nitrogens with one attached hydrogen (secondary N) is 1. The molecule has 1 unspecified atom stereocenters. The van der Waals surface area contributed by atoms with Gasteiger partial charge in [-0.3, -0.25) is 0 Å². The second-order valence-corrected chi connectivity index (χ2v) is 11.1. The van der Waals surface area contributed by atoms with Crippen molar-refractivity contribution in [1.82, 2.24) is 5.32 Å². The molecule has 264 valence electrons. The van der Waals surface area contributed by atoms with E-state index >= 15 is 0 Å². The lowest BCUT2D eigenvalue weighted by Gasteiger charge is -2.14. The van der Waals surface area contributed by atoms with E-state index in [1.54, 1.807) is 0 Å². The fourth-order valence-corrected chi connectivity index (χ4v) is 4.82. The van der Waals surface area contributed by atoms with Crippen molar-refractivity contribution in [3.05, 3.63) is 59.7 Å². The lowest BCUT2D eigenvalue weighted by Crippen LogP contribution is -2.29. The largest absolute Gasteiger partial charge is 0.449 e. The summed E-state index contributed by atoms with van der Waals surface area (Å²) in [7, 11) is 0. The van der Waals surface area contributed by atoms with Crippen LogP contribution in [0.4, 0.5) is 4.79 Å². The Hall–Kier alpha value is -2.61. The van der Waals surface area contributed by atoms with Gasteiger partial charge in [-0.05, 0) is 28.2 Å². The van der Waals surface area contributed by atoms with Gasteiger partial charge in [0.25, 0.3) is 0 Å². The number of fused-ring (bicyclic) bond motifs is 3. The highest BCUT2D eigenvalue weighted by Gasteiger charge is 2.28. The lowest BCUT2D eigenvalue weighted by molar-refractivity contribution is -0.0237. The van der Waals surface area contributed by atoms with Gasteiger partial charge in [-0.2, -0.15) is 0 Å². The minimum absolute atomic E-state index is 0.0427. The molecule has 1 aliphatic rings. The van der Waals surface area contributed by atoms with Gasteiger partial charge in [-0.1, -0.05) is 68.8 Å². The molecule has 11 nitrogen and oxygen atoms in total. The fraction of sp³-hybridized carbons (Fsp3) is 0.639. The molecule has 1 N–H and O–H groups in total. The first-order chi connectivity index (χ1) is 23.2. The molecule has 1 aliphatic carbocycles. The Bertz CT molecular complexity index is 1040. The molecule has 11 heteroatoms. The lowest BCUT2D eigenvalue weighted by atomic mass is 9.98. The van der Waals surface area contributed by atoms with Gasteiger partial charge in [-0.25, -0.2) is 4.79 Å². The zero-order chi connectivity index (χ0) is 33.2. The highest BCUT2D eigenvalue weighted by molar-refractivity contribution is 5.79. The summed E-state index contributed by atoms with van der Waals surface area (Å²) in [5.41, 5.74) is 4.79. The van der Waals surface area contributed by atoms with E-state index in [0.717, 1.165) is 13.0 Å². The maximum Gasteiger partial charge on any atom is 0.407 e. The smallest absolute Gasteiger partial charge is 0.407 e. The summed E-state index contributed by atoms with van der Waals surface area (Å²) >= 11 is 0. The Balaban J connectivity index is 0.999. The van der Waals surface area contributed by atoms with Crippen LogP contribution < -0.4 is 5.32 Å². The van der Waals surface area contributed by atoms with Crippen LogP contribution in [-0.4, -0.2) is 125 Å². The van der Waals surface area contributed by atoms with Gasteiger partial charge >= 0.3 is 6.09 Å². The zero-order valence-corrected chi connectivity index (χ0v) is 28.3. The third kappa shape index (κ3) is 16.4. The normalized spacial score (nSPS) is 13.0. The van der Waals surface area contributed by atoms with Gasteiger partial charge in [0.2, 0.25) is 0 Å². The number of alkyl carbamates (subject to hydrolysis) is 1. The van der Waals surface area contributed by atoms with Crippen LogP contribution in [-0.2, 0) is 42.6 Å². The number of carbonyl (C=O) groups excluding carboxylic acids is 1. The second kappa shape index (κ2) is 25.4. The SMILES string of the molecule is CCC(C)COCCOCCOCCOCCOCCOCCOCCOCCNC(=O)OCC1c2ccccc2-c2ccccc21. The fourth-order valence-electron chi connectivity index (χ4n) is 4.82. The van der Waals surface area contributed by atoms with E-state index in [-0.39, 0.29) is 5.92 Å². The summed E-state index contributed by atoms with van der Waals surface area (Å²) in [4.78, 5) is 12.2. The van der Waals surface area contributed by atoms with Crippen LogP contribution in [0.5, 0.6) is 0 Å². The van der Waals surface area contributed by atoms with E-state index in [1.165, 1.54) is 22.3 Å². The maximum absolute atomic E-state index is 12.2. The molecule has 0 heterocycles. The molecule has 0 aromatic heterocycles. The van der Waals surface area contributed by atoms with Crippen molar-refractivity contribution >= 4 is 6.09 Å². The van der Waals surface area contributed by atoms with E-state index in [1.807, 2.05) is 24.3 Å². The van der Waals surface area contributed by atoms with Gasteiger partial charge in [0.05, 0.1) is 99.1 Å². The van der Waals surface area contributed by atoms with Gasteiger partial charge in [-0.15, -0.1) is 0 Å². The third-order valence-electron chi connectivity index (χ3n) is 7.56. The van der Waals surface area contributed by atoms with Gasteiger partial charge in [0.1, 0.15) is 6.61 Å². The monoisotopic (exact) mass is 661 g/mol. The number of hydrogen-bond donors (Lipinski definition) is 1. The first-order valence-electron chi connectivity index (χ1n) is 16.9. The summed E-state index contributed by atoms with van der Waals surface area (Å²) < 4.78 is 49.5. The Morgan fingerprint density at radius 2 is 0.979 bits per heavy atom. The number of ether oxygens (including phenoxy) is 9. The van der Waals surface area contributed by atoms with Crippen LogP contribution in [0.25, 0.3) is 11.1 Å². The molecule has 0 radical (unpaired) electrons. The molecular formula is C36H55NO10. The Morgan fingerprint density at radius 3 is 1.40 bits per heavy atom. The van der Waals surface area contributed by atoms with Gasteiger partial charge in [0, 0.05) is 19.1 Å². The minimum Gasteiger partial charge on any atom is -0.449 e. The van der Waals surface area contributed by atoms with Crippen molar-refractivity contribution in [2.24, 2.45) is 5.92 Å². The third-order valence-corrected chi connectivity index (χ3v) is 7.56. The molecular weight excluding hydrogens is 606 g/mol. The molecule has 0 saturated heterocycles. The Kier molecular flexibility index (Phi) is 21.0. The van der Waals surface area contributed by atoms with Crippen LogP contribution >= 0.6 is 0 Å². The van der Waals surface area contributed by atoms with Crippen molar-refractivity contribution in [3.63, 3.8) is 0 Å². The molecule has 0 saturated carbocycles. The number of amides is 1.